The van der Waals surface area contributed by atoms with Gasteiger partial charge in [0.2, 0.25) is 0 Å². The lowest BCUT2D eigenvalue weighted by Crippen LogP contribution is -2.59. The first-order valence-corrected chi connectivity index (χ1v) is 10.6. The summed E-state index contributed by atoms with van der Waals surface area (Å²) in [6.45, 7) is 5.11. The van der Waals surface area contributed by atoms with Gasteiger partial charge in [0.1, 0.15) is 5.78 Å². The van der Waals surface area contributed by atoms with Crippen molar-refractivity contribution >= 4 is 11.8 Å². The molecule has 2 aromatic carbocycles. The van der Waals surface area contributed by atoms with Crippen molar-refractivity contribution < 1.29 is 9.59 Å². The van der Waals surface area contributed by atoms with E-state index >= 15 is 0 Å². The molecule has 1 saturated heterocycles. The van der Waals surface area contributed by atoms with Crippen molar-refractivity contribution in [3.63, 3.8) is 0 Å². The molecule has 4 heteroatoms. The predicted octanol–water partition coefficient (Wildman–Crippen LogP) is 4.63. The monoisotopic (exact) mass is 392 g/mol. The molecular weight excluding hydrogens is 360 g/mol. The van der Waals surface area contributed by atoms with Gasteiger partial charge in [-0.25, -0.2) is 4.79 Å². The molecular formula is C25H32N2O2. The Kier molecular flexibility index (Phi) is 7.08. The van der Waals surface area contributed by atoms with Gasteiger partial charge in [-0.1, -0.05) is 60.7 Å². The van der Waals surface area contributed by atoms with Crippen LogP contribution in [-0.2, 0) is 17.6 Å². The molecule has 0 radical (unpaired) electrons. The van der Waals surface area contributed by atoms with Crippen LogP contribution in [0.1, 0.15) is 44.2 Å². The summed E-state index contributed by atoms with van der Waals surface area (Å²) in [7, 11) is 0. The topological polar surface area (TPSA) is 49.4 Å². The average Bonchev–Trinajstić information content (AvgIpc) is 2.71. The minimum Gasteiger partial charge on any atom is -0.338 e. The standard InChI is InChI=1S/C25H32N2O2/c1-25(2)18-23(28)22(17-21-14-7-4-8-15-21)19-27(25)24(29)26-16-10-9-13-20-11-5-3-6-12-20/h3-8,11-12,14-15,22H,9-10,13,16-19H2,1-2H3,(H,26,29). The van der Waals surface area contributed by atoms with Gasteiger partial charge in [0.25, 0.3) is 0 Å². The highest BCUT2D eigenvalue weighted by molar-refractivity contribution is 5.86. The molecule has 1 N–H and O–H groups in total. The van der Waals surface area contributed by atoms with Gasteiger partial charge in [-0.3, -0.25) is 4.79 Å². The van der Waals surface area contributed by atoms with E-state index in [1.807, 2.05) is 55.1 Å². The number of rotatable bonds is 7. The number of urea groups is 1. The Labute approximate surface area is 174 Å². The van der Waals surface area contributed by atoms with Gasteiger partial charge in [0, 0.05) is 31.0 Å². The molecule has 0 spiro atoms. The first-order valence-electron chi connectivity index (χ1n) is 10.6. The molecule has 1 aliphatic heterocycles. The van der Waals surface area contributed by atoms with Crippen LogP contribution in [0.3, 0.4) is 0 Å². The van der Waals surface area contributed by atoms with E-state index in [1.54, 1.807) is 0 Å². The smallest absolute Gasteiger partial charge is 0.317 e. The Morgan fingerprint density at radius 2 is 1.62 bits per heavy atom. The fraction of sp³-hybridized carbons (Fsp3) is 0.440. The number of hydrogen-bond acceptors (Lipinski definition) is 2. The number of ketones is 1. The molecule has 1 fully saturated rings. The van der Waals surface area contributed by atoms with Gasteiger partial charge < -0.3 is 10.2 Å². The van der Waals surface area contributed by atoms with Crippen LogP contribution in [-0.4, -0.2) is 35.3 Å². The Morgan fingerprint density at radius 3 is 2.28 bits per heavy atom. The van der Waals surface area contributed by atoms with Crippen LogP contribution in [0.5, 0.6) is 0 Å². The molecule has 1 heterocycles. The van der Waals surface area contributed by atoms with Crippen molar-refractivity contribution in [1.82, 2.24) is 10.2 Å². The van der Waals surface area contributed by atoms with Crippen LogP contribution in [0.25, 0.3) is 0 Å². The molecule has 1 aliphatic rings. The van der Waals surface area contributed by atoms with E-state index in [2.05, 4.69) is 29.6 Å². The van der Waals surface area contributed by atoms with Crippen LogP contribution in [0.2, 0.25) is 0 Å². The van der Waals surface area contributed by atoms with Crippen LogP contribution >= 0.6 is 0 Å². The number of amides is 2. The third-order valence-electron chi connectivity index (χ3n) is 5.78. The predicted molar refractivity (Wildman–Crippen MR) is 117 cm³/mol. The molecule has 154 valence electrons. The summed E-state index contributed by atoms with van der Waals surface area (Å²) >= 11 is 0. The molecule has 0 aromatic heterocycles. The maximum absolute atomic E-state index is 12.9. The molecule has 3 rings (SSSR count). The number of hydrogen-bond donors (Lipinski definition) is 1. The SMILES string of the molecule is CC1(C)CC(=O)C(Cc2ccccc2)CN1C(=O)NCCCCc1ccccc1. The third kappa shape index (κ3) is 5.93. The van der Waals surface area contributed by atoms with Crippen molar-refractivity contribution in [3.8, 4) is 0 Å². The van der Waals surface area contributed by atoms with Gasteiger partial charge in [0.05, 0.1) is 0 Å². The van der Waals surface area contributed by atoms with Gasteiger partial charge >= 0.3 is 6.03 Å². The molecule has 2 aromatic rings. The summed E-state index contributed by atoms with van der Waals surface area (Å²) in [5.41, 5.74) is 2.03. The summed E-state index contributed by atoms with van der Waals surface area (Å²) in [5, 5.41) is 3.07. The first kappa shape index (κ1) is 21.1. The van der Waals surface area contributed by atoms with Gasteiger partial charge in [-0.05, 0) is 50.7 Å². The number of Topliss-reactive ketones (excluding diaryl/α,β-unsaturated/α-hetero) is 1. The zero-order valence-corrected chi connectivity index (χ0v) is 17.6. The van der Waals surface area contributed by atoms with Crippen molar-refractivity contribution in [2.24, 2.45) is 5.92 Å². The number of aryl methyl sites for hydroxylation is 1. The zero-order valence-electron chi connectivity index (χ0n) is 17.6. The second-order valence-electron chi connectivity index (χ2n) is 8.63. The van der Waals surface area contributed by atoms with E-state index in [0.29, 0.717) is 25.9 Å². The zero-order chi connectivity index (χ0) is 20.7. The highest BCUT2D eigenvalue weighted by atomic mass is 16.2. The van der Waals surface area contributed by atoms with Crippen molar-refractivity contribution in [2.75, 3.05) is 13.1 Å². The number of carbonyl (C=O) groups is 2. The number of carbonyl (C=O) groups excluding carboxylic acids is 2. The molecule has 0 saturated carbocycles. The lowest BCUT2D eigenvalue weighted by Gasteiger charge is -2.44. The number of nitrogens with one attached hydrogen (secondary N) is 1. The van der Waals surface area contributed by atoms with Crippen LogP contribution in [0, 0.1) is 5.92 Å². The lowest BCUT2D eigenvalue weighted by atomic mass is 9.81. The first-order chi connectivity index (χ1) is 14.0. The number of likely N-dealkylation sites (tertiary alicyclic amines) is 1. The lowest BCUT2D eigenvalue weighted by molar-refractivity contribution is -0.129. The maximum Gasteiger partial charge on any atom is 0.317 e. The van der Waals surface area contributed by atoms with Gasteiger partial charge in [0.15, 0.2) is 0 Å². The van der Waals surface area contributed by atoms with Crippen molar-refractivity contribution in [2.45, 2.75) is 51.5 Å². The molecule has 0 bridgehead atoms. The largest absolute Gasteiger partial charge is 0.338 e. The molecule has 1 unspecified atom stereocenters. The quantitative estimate of drug-likeness (QED) is 0.699. The fourth-order valence-electron chi connectivity index (χ4n) is 4.06. The van der Waals surface area contributed by atoms with Crippen LogP contribution in [0.15, 0.2) is 60.7 Å². The minimum absolute atomic E-state index is 0.0553. The molecule has 1 atom stereocenters. The number of benzene rings is 2. The maximum atomic E-state index is 12.9. The van der Waals surface area contributed by atoms with Gasteiger partial charge in [-0.2, -0.15) is 0 Å². The van der Waals surface area contributed by atoms with Crippen molar-refractivity contribution in [1.29, 1.82) is 0 Å². The number of unbranched alkanes of at least 4 members (excludes halogenated alkanes) is 1. The minimum atomic E-state index is -0.446. The second kappa shape index (κ2) is 9.73. The van der Waals surface area contributed by atoms with Crippen molar-refractivity contribution in [3.05, 3.63) is 71.8 Å². The highest BCUT2D eigenvalue weighted by Crippen LogP contribution is 2.30. The van der Waals surface area contributed by atoms with E-state index < -0.39 is 5.54 Å². The average molecular weight is 393 g/mol. The number of piperidine rings is 1. The Morgan fingerprint density at radius 1 is 1.00 bits per heavy atom. The van der Waals surface area contributed by atoms with E-state index in [1.165, 1.54) is 5.56 Å². The summed E-state index contributed by atoms with van der Waals surface area (Å²) in [6, 6.07) is 20.4. The van der Waals surface area contributed by atoms with E-state index in [4.69, 9.17) is 0 Å². The summed E-state index contributed by atoms with van der Waals surface area (Å²) in [4.78, 5) is 27.4. The summed E-state index contributed by atoms with van der Waals surface area (Å²) < 4.78 is 0. The number of nitrogens with zero attached hydrogens (tertiary/aromatic N) is 1. The fourth-order valence-corrected chi connectivity index (χ4v) is 4.06. The van der Waals surface area contributed by atoms with E-state index in [-0.39, 0.29) is 17.7 Å². The van der Waals surface area contributed by atoms with E-state index in [9.17, 15) is 9.59 Å². The summed E-state index contributed by atoms with van der Waals surface area (Å²) in [6.07, 6.45) is 4.12. The third-order valence-corrected chi connectivity index (χ3v) is 5.78. The molecule has 29 heavy (non-hydrogen) atoms. The highest BCUT2D eigenvalue weighted by Gasteiger charge is 2.41. The molecule has 4 nitrogen and oxygen atoms in total. The van der Waals surface area contributed by atoms with Gasteiger partial charge in [-0.15, -0.1) is 0 Å². The Hall–Kier alpha value is -2.62. The Balaban J connectivity index is 1.50. The Bertz CT molecular complexity index is 802. The second-order valence-corrected chi connectivity index (χ2v) is 8.63. The van der Waals surface area contributed by atoms with E-state index in [0.717, 1.165) is 24.8 Å². The molecule has 0 aliphatic carbocycles. The summed E-state index contributed by atoms with van der Waals surface area (Å²) in [5.74, 6) is 0.125. The normalized spacial score (nSPS) is 18.5. The molecule has 2 amide bonds. The van der Waals surface area contributed by atoms with Crippen LogP contribution < -0.4 is 5.32 Å². The van der Waals surface area contributed by atoms with Crippen LogP contribution in [0.4, 0.5) is 4.79 Å².